The van der Waals surface area contributed by atoms with E-state index < -0.39 is 11.7 Å². The molecule has 0 radical (unpaired) electrons. The van der Waals surface area contributed by atoms with Crippen LogP contribution in [0.5, 0.6) is 0 Å². The highest BCUT2D eigenvalue weighted by molar-refractivity contribution is 7.16. The number of hydroxylamine groups is 2. The first-order valence-electron chi connectivity index (χ1n) is 6.06. The number of thiophene rings is 1. The maximum Gasteiger partial charge on any atom is 0.412 e. The second-order valence-electron chi connectivity index (χ2n) is 5.21. The van der Waals surface area contributed by atoms with Gasteiger partial charge in [0.2, 0.25) is 0 Å². The number of amides is 2. The zero-order chi connectivity index (χ0) is 15.5. The van der Waals surface area contributed by atoms with Gasteiger partial charge >= 0.3 is 6.09 Å². The Balaban J connectivity index is 2.91. The molecule has 0 aromatic carbocycles. The maximum absolute atomic E-state index is 12.1. The van der Waals surface area contributed by atoms with E-state index >= 15 is 0 Å². The normalized spacial score (nSPS) is 11.1. The highest BCUT2D eigenvalue weighted by atomic mass is 32.1. The van der Waals surface area contributed by atoms with Gasteiger partial charge in [0, 0.05) is 11.9 Å². The summed E-state index contributed by atoms with van der Waals surface area (Å²) in [5, 5.41) is 4.15. The van der Waals surface area contributed by atoms with Gasteiger partial charge in [0.15, 0.2) is 0 Å². The van der Waals surface area contributed by atoms with Crippen molar-refractivity contribution in [2.45, 2.75) is 33.3 Å². The molecule has 0 atom stereocenters. The van der Waals surface area contributed by atoms with E-state index in [2.05, 4.69) is 5.32 Å². The maximum atomic E-state index is 12.1. The molecule has 1 rings (SSSR count). The van der Waals surface area contributed by atoms with Gasteiger partial charge < -0.3 is 4.74 Å². The minimum Gasteiger partial charge on any atom is -0.444 e. The number of aryl methyl sites for hydroxylation is 1. The van der Waals surface area contributed by atoms with Crippen LogP contribution in [-0.2, 0) is 9.57 Å². The fraction of sp³-hybridized carbons (Fsp3) is 0.538. The largest absolute Gasteiger partial charge is 0.444 e. The van der Waals surface area contributed by atoms with Crippen molar-refractivity contribution in [1.82, 2.24) is 5.06 Å². The van der Waals surface area contributed by atoms with E-state index in [0.29, 0.717) is 10.6 Å². The third kappa shape index (κ3) is 4.50. The lowest BCUT2D eigenvalue weighted by molar-refractivity contribution is -0.0756. The summed E-state index contributed by atoms with van der Waals surface area (Å²) < 4.78 is 5.17. The molecular weight excluding hydrogens is 280 g/mol. The zero-order valence-electron chi connectivity index (χ0n) is 12.6. The molecule has 0 fully saturated rings. The molecule has 0 aliphatic carbocycles. The average Bonchev–Trinajstić information content (AvgIpc) is 2.65. The molecule has 1 N–H and O–H groups in total. The van der Waals surface area contributed by atoms with Crippen LogP contribution in [0.2, 0.25) is 0 Å². The molecule has 1 aromatic rings. The molecule has 0 unspecified atom stereocenters. The molecule has 20 heavy (non-hydrogen) atoms. The number of rotatable bonds is 3. The van der Waals surface area contributed by atoms with Gasteiger partial charge in [0.05, 0.1) is 12.7 Å². The molecular formula is C13H20N2O4S. The van der Waals surface area contributed by atoms with Crippen molar-refractivity contribution in [2.24, 2.45) is 0 Å². The van der Waals surface area contributed by atoms with Crippen LogP contribution in [0.25, 0.3) is 0 Å². The first-order chi connectivity index (χ1) is 9.14. The molecule has 2 amide bonds. The van der Waals surface area contributed by atoms with Crippen molar-refractivity contribution in [3.63, 3.8) is 0 Å². The van der Waals surface area contributed by atoms with Crippen molar-refractivity contribution in [2.75, 3.05) is 19.5 Å². The molecule has 0 spiro atoms. The number of anilines is 1. The van der Waals surface area contributed by atoms with Gasteiger partial charge in [-0.15, -0.1) is 11.3 Å². The van der Waals surface area contributed by atoms with E-state index in [4.69, 9.17) is 9.57 Å². The monoisotopic (exact) mass is 300 g/mol. The molecule has 7 heteroatoms. The Bertz CT molecular complexity index is 505. The van der Waals surface area contributed by atoms with Gasteiger partial charge in [-0.25, -0.2) is 9.86 Å². The highest BCUT2D eigenvalue weighted by Crippen LogP contribution is 2.29. The summed E-state index contributed by atoms with van der Waals surface area (Å²) in [6.45, 7) is 7.18. The number of hydrogen-bond donors (Lipinski definition) is 1. The van der Waals surface area contributed by atoms with Gasteiger partial charge in [0.25, 0.3) is 5.91 Å². The molecule has 1 aromatic heterocycles. The molecule has 0 saturated carbocycles. The summed E-state index contributed by atoms with van der Waals surface area (Å²) in [6.07, 6.45) is -0.589. The topological polar surface area (TPSA) is 67.9 Å². The quantitative estimate of drug-likeness (QED) is 0.871. The first-order valence-corrected chi connectivity index (χ1v) is 6.88. The third-order valence-corrected chi connectivity index (χ3v) is 3.23. The van der Waals surface area contributed by atoms with Crippen molar-refractivity contribution in [3.05, 3.63) is 16.5 Å². The standard InChI is InChI=1S/C13H20N2O4S/c1-8-7-9(11(16)15(5)18-6)10(20-8)14-12(17)19-13(2,3)4/h7H,1-6H3,(H,14,17). The molecule has 0 aliphatic heterocycles. The van der Waals surface area contributed by atoms with Crippen LogP contribution in [0.3, 0.4) is 0 Å². The van der Waals surface area contributed by atoms with E-state index in [1.807, 2.05) is 6.92 Å². The molecule has 0 bridgehead atoms. The Morgan fingerprint density at radius 3 is 2.45 bits per heavy atom. The lowest BCUT2D eigenvalue weighted by atomic mass is 10.2. The second kappa shape index (κ2) is 6.23. The molecule has 6 nitrogen and oxygen atoms in total. The van der Waals surface area contributed by atoms with Crippen molar-refractivity contribution in [1.29, 1.82) is 0 Å². The van der Waals surface area contributed by atoms with Crippen LogP contribution in [0.1, 0.15) is 36.0 Å². The van der Waals surface area contributed by atoms with Gasteiger partial charge in [-0.05, 0) is 33.8 Å². The second-order valence-corrected chi connectivity index (χ2v) is 6.47. The number of carbonyl (C=O) groups is 2. The van der Waals surface area contributed by atoms with E-state index in [1.165, 1.54) is 25.5 Å². The van der Waals surface area contributed by atoms with Crippen LogP contribution in [0, 0.1) is 6.92 Å². The van der Waals surface area contributed by atoms with Crippen LogP contribution in [0.4, 0.5) is 9.80 Å². The smallest absolute Gasteiger partial charge is 0.412 e. The number of carbonyl (C=O) groups excluding carboxylic acids is 2. The van der Waals surface area contributed by atoms with E-state index in [-0.39, 0.29) is 5.91 Å². The van der Waals surface area contributed by atoms with Crippen LogP contribution < -0.4 is 5.32 Å². The van der Waals surface area contributed by atoms with Gasteiger partial charge in [0.1, 0.15) is 10.6 Å². The minimum atomic E-state index is -0.593. The Labute approximate surface area is 122 Å². The van der Waals surface area contributed by atoms with Gasteiger partial charge in [-0.2, -0.15) is 0 Å². The highest BCUT2D eigenvalue weighted by Gasteiger charge is 2.22. The number of ether oxygens (including phenoxy) is 1. The van der Waals surface area contributed by atoms with E-state index in [1.54, 1.807) is 26.8 Å². The minimum absolute atomic E-state index is 0.331. The Hall–Kier alpha value is -1.60. The lowest BCUT2D eigenvalue weighted by Gasteiger charge is -2.20. The Morgan fingerprint density at radius 2 is 1.95 bits per heavy atom. The van der Waals surface area contributed by atoms with Crippen LogP contribution in [-0.4, -0.2) is 36.8 Å². The fourth-order valence-electron chi connectivity index (χ4n) is 1.41. The van der Waals surface area contributed by atoms with Crippen molar-refractivity contribution in [3.8, 4) is 0 Å². The summed E-state index contributed by atoms with van der Waals surface area (Å²) in [7, 11) is 2.91. The molecule has 112 valence electrons. The van der Waals surface area contributed by atoms with E-state index in [9.17, 15) is 9.59 Å². The summed E-state index contributed by atoms with van der Waals surface area (Å²) in [6, 6.07) is 1.70. The fourth-order valence-corrected chi connectivity index (χ4v) is 2.30. The van der Waals surface area contributed by atoms with Crippen LogP contribution >= 0.6 is 11.3 Å². The Morgan fingerprint density at radius 1 is 1.35 bits per heavy atom. The average molecular weight is 300 g/mol. The summed E-state index contributed by atoms with van der Waals surface area (Å²) >= 11 is 1.31. The van der Waals surface area contributed by atoms with Crippen molar-refractivity contribution < 1.29 is 19.2 Å². The van der Waals surface area contributed by atoms with Gasteiger partial charge in [-0.3, -0.25) is 14.9 Å². The Kier molecular flexibility index (Phi) is 5.13. The third-order valence-electron chi connectivity index (χ3n) is 2.26. The summed E-state index contributed by atoms with van der Waals surface area (Å²) in [4.78, 5) is 29.6. The predicted octanol–water partition coefficient (Wildman–Crippen LogP) is 3.04. The van der Waals surface area contributed by atoms with Gasteiger partial charge in [-0.1, -0.05) is 0 Å². The van der Waals surface area contributed by atoms with Crippen LogP contribution in [0.15, 0.2) is 6.07 Å². The molecule has 1 heterocycles. The summed E-state index contributed by atoms with van der Waals surface area (Å²) in [5.41, 5.74) is -0.216. The number of nitrogens with zero attached hydrogens (tertiary/aromatic N) is 1. The number of nitrogens with one attached hydrogen (secondary N) is 1. The predicted molar refractivity (Wildman–Crippen MR) is 78.0 cm³/mol. The summed E-state index contributed by atoms with van der Waals surface area (Å²) in [5.74, 6) is -0.331. The SMILES string of the molecule is CON(C)C(=O)c1cc(C)sc1NC(=O)OC(C)(C)C. The van der Waals surface area contributed by atoms with E-state index in [0.717, 1.165) is 9.94 Å². The molecule has 0 saturated heterocycles. The lowest BCUT2D eigenvalue weighted by Crippen LogP contribution is -2.29. The van der Waals surface area contributed by atoms with Crippen molar-refractivity contribution >= 4 is 28.3 Å². The first kappa shape index (κ1) is 16.5. The number of hydrogen-bond acceptors (Lipinski definition) is 5. The molecule has 0 aliphatic rings. The zero-order valence-corrected chi connectivity index (χ0v) is 13.4.